The van der Waals surface area contributed by atoms with E-state index in [1.54, 1.807) is 0 Å². The maximum absolute atomic E-state index is 5.40. The molecular weight excluding hydrogens is 224 g/mol. The number of hydrazine groups is 1. The lowest BCUT2D eigenvalue weighted by Gasteiger charge is -2.28. The highest BCUT2D eigenvalue weighted by molar-refractivity contribution is 5.33. The third kappa shape index (κ3) is 3.43. The van der Waals surface area contributed by atoms with Crippen LogP contribution in [0.2, 0.25) is 0 Å². The van der Waals surface area contributed by atoms with E-state index in [0.717, 1.165) is 18.1 Å². The maximum atomic E-state index is 5.40. The molecule has 100 valence electrons. The molecule has 0 spiro atoms. The van der Waals surface area contributed by atoms with Crippen LogP contribution in [0.3, 0.4) is 0 Å². The third-order valence-corrected chi connectivity index (χ3v) is 3.79. The van der Waals surface area contributed by atoms with Crippen molar-refractivity contribution >= 4 is 5.82 Å². The number of likely N-dealkylation sites (tertiary alicyclic amines) is 1. The zero-order valence-electron chi connectivity index (χ0n) is 11.2. The van der Waals surface area contributed by atoms with Crippen LogP contribution in [0.15, 0.2) is 18.2 Å². The fourth-order valence-corrected chi connectivity index (χ4v) is 2.76. The summed E-state index contributed by atoms with van der Waals surface area (Å²) in [7, 11) is 0. The Morgan fingerprint density at radius 3 is 3.06 bits per heavy atom. The number of nitrogens with two attached hydrogens (primary N) is 1. The normalized spacial score (nSPS) is 21.6. The van der Waals surface area contributed by atoms with Gasteiger partial charge in [-0.25, -0.2) is 10.8 Å². The van der Waals surface area contributed by atoms with Crippen molar-refractivity contribution in [2.75, 3.05) is 12.0 Å². The Kier molecular flexibility index (Phi) is 4.96. The molecule has 1 unspecified atom stereocenters. The minimum absolute atomic E-state index is 0.712. The van der Waals surface area contributed by atoms with Crippen LogP contribution in [-0.4, -0.2) is 22.5 Å². The van der Waals surface area contributed by atoms with E-state index >= 15 is 0 Å². The standard InChI is InChI=1S/C14H24N4/c1-2-13-8-4-3-5-10-18(13)11-12-7-6-9-14(16-12)17-15/h6-7,9,13H,2-5,8,10-11,15H2,1H3,(H,16,17). The van der Waals surface area contributed by atoms with E-state index in [2.05, 4.69) is 28.3 Å². The number of nitrogens with one attached hydrogen (secondary N) is 1. The molecule has 1 aromatic rings. The summed E-state index contributed by atoms with van der Waals surface area (Å²) in [5, 5.41) is 0. The minimum Gasteiger partial charge on any atom is -0.308 e. The zero-order valence-corrected chi connectivity index (χ0v) is 11.2. The van der Waals surface area contributed by atoms with Crippen molar-refractivity contribution in [3.63, 3.8) is 0 Å². The van der Waals surface area contributed by atoms with Gasteiger partial charge in [-0.05, 0) is 37.9 Å². The lowest BCUT2D eigenvalue weighted by atomic mass is 10.1. The van der Waals surface area contributed by atoms with Crippen molar-refractivity contribution in [3.8, 4) is 0 Å². The van der Waals surface area contributed by atoms with Crippen LogP contribution in [0.1, 0.15) is 44.7 Å². The van der Waals surface area contributed by atoms with E-state index in [9.17, 15) is 0 Å². The molecule has 0 aromatic carbocycles. The molecule has 1 aromatic heterocycles. The van der Waals surface area contributed by atoms with Gasteiger partial charge in [0, 0.05) is 12.6 Å². The highest BCUT2D eigenvalue weighted by Crippen LogP contribution is 2.21. The molecule has 0 aliphatic carbocycles. The molecule has 0 saturated carbocycles. The second kappa shape index (κ2) is 6.71. The fourth-order valence-electron chi connectivity index (χ4n) is 2.76. The van der Waals surface area contributed by atoms with E-state index in [0.29, 0.717) is 6.04 Å². The van der Waals surface area contributed by atoms with Crippen molar-refractivity contribution in [2.45, 2.75) is 51.6 Å². The van der Waals surface area contributed by atoms with Gasteiger partial charge in [0.1, 0.15) is 5.82 Å². The summed E-state index contributed by atoms with van der Waals surface area (Å²) < 4.78 is 0. The number of hydrogen-bond donors (Lipinski definition) is 2. The molecule has 18 heavy (non-hydrogen) atoms. The summed E-state index contributed by atoms with van der Waals surface area (Å²) in [6.45, 7) is 4.42. The quantitative estimate of drug-likeness (QED) is 0.635. The molecule has 4 nitrogen and oxygen atoms in total. The second-order valence-corrected chi connectivity index (χ2v) is 5.04. The highest BCUT2D eigenvalue weighted by atomic mass is 15.3. The molecular formula is C14H24N4. The largest absolute Gasteiger partial charge is 0.308 e. The molecule has 1 atom stereocenters. The van der Waals surface area contributed by atoms with Crippen molar-refractivity contribution in [1.82, 2.24) is 9.88 Å². The maximum Gasteiger partial charge on any atom is 0.140 e. The summed E-state index contributed by atoms with van der Waals surface area (Å²) in [5.41, 5.74) is 3.72. The van der Waals surface area contributed by atoms with Crippen molar-refractivity contribution in [3.05, 3.63) is 23.9 Å². The van der Waals surface area contributed by atoms with Crippen LogP contribution < -0.4 is 11.3 Å². The summed E-state index contributed by atoms with van der Waals surface area (Å²) in [4.78, 5) is 7.09. The van der Waals surface area contributed by atoms with Gasteiger partial charge in [0.25, 0.3) is 0 Å². The second-order valence-electron chi connectivity index (χ2n) is 5.04. The molecule has 2 heterocycles. The van der Waals surface area contributed by atoms with Crippen LogP contribution in [0.5, 0.6) is 0 Å². The Morgan fingerprint density at radius 1 is 1.39 bits per heavy atom. The first-order valence-corrected chi connectivity index (χ1v) is 7.00. The first kappa shape index (κ1) is 13.3. The predicted octanol–water partition coefficient (Wildman–Crippen LogP) is 2.52. The van der Waals surface area contributed by atoms with Crippen LogP contribution in [0, 0.1) is 0 Å². The average Bonchev–Trinajstić information content (AvgIpc) is 2.64. The summed E-state index contributed by atoms with van der Waals surface area (Å²) in [6.07, 6.45) is 6.60. The number of rotatable bonds is 4. The van der Waals surface area contributed by atoms with E-state index < -0.39 is 0 Å². The highest BCUT2D eigenvalue weighted by Gasteiger charge is 2.19. The zero-order chi connectivity index (χ0) is 12.8. The fraction of sp³-hybridized carbons (Fsp3) is 0.643. The first-order valence-electron chi connectivity index (χ1n) is 7.00. The van der Waals surface area contributed by atoms with Gasteiger partial charge in [-0.15, -0.1) is 0 Å². The molecule has 0 bridgehead atoms. The Morgan fingerprint density at radius 2 is 2.28 bits per heavy atom. The summed E-state index contributed by atoms with van der Waals surface area (Å²) in [6, 6.07) is 6.70. The van der Waals surface area contributed by atoms with Crippen molar-refractivity contribution < 1.29 is 0 Å². The van der Waals surface area contributed by atoms with Gasteiger partial charge in [0.2, 0.25) is 0 Å². The Balaban J connectivity index is 2.05. The lowest BCUT2D eigenvalue weighted by molar-refractivity contribution is 0.184. The Bertz CT molecular complexity index is 367. The molecule has 3 N–H and O–H groups in total. The monoisotopic (exact) mass is 248 g/mol. The predicted molar refractivity (Wildman–Crippen MR) is 75.0 cm³/mol. The van der Waals surface area contributed by atoms with Crippen molar-refractivity contribution in [2.24, 2.45) is 5.84 Å². The third-order valence-electron chi connectivity index (χ3n) is 3.79. The first-order chi connectivity index (χ1) is 8.83. The molecule has 1 aliphatic heterocycles. The number of nitrogens with zero attached hydrogens (tertiary/aromatic N) is 2. The van der Waals surface area contributed by atoms with Gasteiger partial charge in [-0.2, -0.15) is 0 Å². The molecule has 1 saturated heterocycles. The van der Waals surface area contributed by atoms with E-state index in [1.165, 1.54) is 38.6 Å². The number of pyridine rings is 1. The van der Waals surface area contributed by atoms with Crippen LogP contribution in [-0.2, 0) is 6.54 Å². The van der Waals surface area contributed by atoms with E-state index in [-0.39, 0.29) is 0 Å². The van der Waals surface area contributed by atoms with Gasteiger partial charge >= 0.3 is 0 Å². The molecule has 2 rings (SSSR count). The smallest absolute Gasteiger partial charge is 0.140 e. The van der Waals surface area contributed by atoms with Gasteiger partial charge in [0.15, 0.2) is 0 Å². The molecule has 1 fully saturated rings. The SMILES string of the molecule is CCC1CCCCCN1Cc1cccc(NN)n1. The van der Waals surface area contributed by atoms with Gasteiger partial charge in [-0.3, -0.25) is 4.90 Å². The summed E-state index contributed by atoms with van der Waals surface area (Å²) >= 11 is 0. The number of nitrogen functional groups attached to an aromatic ring is 1. The van der Waals surface area contributed by atoms with E-state index in [1.807, 2.05) is 12.1 Å². The van der Waals surface area contributed by atoms with Gasteiger partial charge in [0.05, 0.1) is 5.69 Å². The Labute approximate surface area is 110 Å². The minimum atomic E-state index is 0.712. The molecule has 0 amide bonds. The lowest BCUT2D eigenvalue weighted by Crippen LogP contribution is -2.34. The Hall–Kier alpha value is -1.13. The van der Waals surface area contributed by atoms with Crippen LogP contribution in [0.4, 0.5) is 5.82 Å². The topological polar surface area (TPSA) is 54.2 Å². The van der Waals surface area contributed by atoms with Crippen molar-refractivity contribution in [1.29, 1.82) is 0 Å². The van der Waals surface area contributed by atoms with Gasteiger partial charge in [-0.1, -0.05) is 25.8 Å². The summed E-state index contributed by atoms with van der Waals surface area (Å²) in [5.74, 6) is 6.15. The number of aromatic nitrogens is 1. The van der Waals surface area contributed by atoms with Crippen LogP contribution in [0.25, 0.3) is 0 Å². The van der Waals surface area contributed by atoms with E-state index in [4.69, 9.17) is 5.84 Å². The average molecular weight is 248 g/mol. The van der Waals surface area contributed by atoms with Gasteiger partial charge < -0.3 is 5.43 Å². The number of anilines is 1. The number of hydrogen-bond acceptors (Lipinski definition) is 4. The molecule has 0 radical (unpaired) electrons. The molecule has 1 aliphatic rings. The molecule has 4 heteroatoms. The van der Waals surface area contributed by atoms with Crippen LogP contribution >= 0.6 is 0 Å².